The molecule has 1 aliphatic heterocycles. The van der Waals surface area contributed by atoms with Crippen molar-refractivity contribution < 1.29 is 14.7 Å². The van der Waals surface area contributed by atoms with Crippen LogP contribution in [0.1, 0.15) is 27.2 Å². The van der Waals surface area contributed by atoms with Crippen LogP contribution in [0.4, 0.5) is 4.79 Å². The highest BCUT2D eigenvalue weighted by Crippen LogP contribution is 2.24. The number of aliphatic carboxylic acids is 1. The van der Waals surface area contributed by atoms with E-state index >= 15 is 0 Å². The molecule has 7 nitrogen and oxygen atoms in total. The number of nitrogens with zero attached hydrogens (tertiary/aromatic N) is 2. The number of hydrogen-bond acceptors (Lipinski definition) is 4. The minimum absolute atomic E-state index is 0.0847. The summed E-state index contributed by atoms with van der Waals surface area (Å²) in [6.45, 7) is 9.48. The number of carbonyl (C=O) groups excluding carboxylic acids is 1. The van der Waals surface area contributed by atoms with E-state index in [9.17, 15) is 14.7 Å². The monoisotopic (exact) mass is 300 g/mol. The summed E-state index contributed by atoms with van der Waals surface area (Å²) in [5, 5.41) is 13.7. The Labute approximate surface area is 126 Å². The highest BCUT2D eigenvalue weighted by molar-refractivity contribution is 5.75. The molecule has 3 N–H and O–H groups in total. The average molecular weight is 300 g/mol. The summed E-state index contributed by atoms with van der Waals surface area (Å²) in [5.74, 6) is -1.44. The van der Waals surface area contributed by atoms with Gasteiger partial charge in [-0.1, -0.05) is 20.8 Å². The number of carboxylic acids is 1. The van der Waals surface area contributed by atoms with Gasteiger partial charge in [0.2, 0.25) is 0 Å². The molecule has 1 heterocycles. The summed E-state index contributed by atoms with van der Waals surface area (Å²) >= 11 is 0. The van der Waals surface area contributed by atoms with Gasteiger partial charge < -0.3 is 15.3 Å². The fraction of sp³-hybridized carbons (Fsp3) is 0.857. The Balaban J connectivity index is 2.34. The smallest absolute Gasteiger partial charge is 0.329 e. The van der Waals surface area contributed by atoms with Crippen LogP contribution in [0.3, 0.4) is 0 Å². The quantitative estimate of drug-likeness (QED) is 0.692. The molecule has 0 aliphatic carbocycles. The molecule has 1 fully saturated rings. The molecule has 0 aromatic rings. The number of carboxylic acid groups (broad SMARTS) is 1. The summed E-state index contributed by atoms with van der Waals surface area (Å²) in [5.41, 5.74) is 2.68. The summed E-state index contributed by atoms with van der Waals surface area (Å²) in [6, 6.07) is -0.334. The van der Waals surface area contributed by atoms with Crippen LogP contribution in [0.25, 0.3) is 0 Å². The molecule has 122 valence electrons. The maximum Gasteiger partial charge on any atom is 0.329 e. The minimum atomic E-state index is -0.871. The molecule has 21 heavy (non-hydrogen) atoms. The molecule has 0 aromatic heterocycles. The zero-order valence-electron chi connectivity index (χ0n) is 13.5. The van der Waals surface area contributed by atoms with Gasteiger partial charge in [0.05, 0.1) is 5.92 Å². The van der Waals surface area contributed by atoms with E-state index in [4.69, 9.17) is 0 Å². The van der Waals surface area contributed by atoms with Crippen molar-refractivity contribution in [3.63, 3.8) is 0 Å². The van der Waals surface area contributed by atoms with Gasteiger partial charge >= 0.3 is 12.0 Å². The molecule has 0 radical (unpaired) electrons. The van der Waals surface area contributed by atoms with E-state index in [0.29, 0.717) is 6.42 Å². The number of piperazine rings is 1. The second kappa shape index (κ2) is 7.61. The third kappa shape index (κ3) is 7.29. The molecular formula is C14H28N4O3. The normalized spacial score (nSPS) is 19.0. The standard InChI is InChI=1S/C14H28N4O3/c1-14(2,3)9-11(12(19)20)10-15-13(21)16-18-7-5-17(4)6-8-18/h11H,5-10H2,1-4H3,(H,19,20)(H2,15,16,21). The van der Waals surface area contributed by atoms with Crippen molar-refractivity contribution in [1.29, 1.82) is 0 Å². The van der Waals surface area contributed by atoms with E-state index < -0.39 is 11.9 Å². The maximum atomic E-state index is 11.8. The molecule has 0 bridgehead atoms. The van der Waals surface area contributed by atoms with Gasteiger partial charge in [-0.15, -0.1) is 0 Å². The summed E-state index contributed by atoms with van der Waals surface area (Å²) < 4.78 is 0. The number of hydrazine groups is 1. The van der Waals surface area contributed by atoms with Crippen molar-refractivity contribution in [2.75, 3.05) is 39.8 Å². The van der Waals surface area contributed by atoms with E-state index in [1.54, 1.807) is 0 Å². The summed E-state index contributed by atoms with van der Waals surface area (Å²) in [7, 11) is 2.04. The number of likely N-dealkylation sites (N-methyl/N-ethyl adjacent to an activating group) is 1. The second-order valence-corrected chi connectivity index (χ2v) is 6.91. The molecular weight excluding hydrogens is 272 g/mol. The fourth-order valence-electron chi connectivity index (χ4n) is 2.30. The lowest BCUT2D eigenvalue weighted by atomic mass is 9.84. The molecule has 7 heteroatoms. The first-order chi connectivity index (χ1) is 9.67. The van der Waals surface area contributed by atoms with Crippen molar-refractivity contribution in [1.82, 2.24) is 20.7 Å². The molecule has 0 saturated carbocycles. The van der Waals surface area contributed by atoms with Crippen molar-refractivity contribution in [2.45, 2.75) is 27.2 Å². The van der Waals surface area contributed by atoms with Crippen molar-refractivity contribution in [2.24, 2.45) is 11.3 Å². The Kier molecular flexibility index (Phi) is 6.42. The Hall–Kier alpha value is -1.34. The summed E-state index contributed by atoms with van der Waals surface area (Å²) in [4.78, 5) is 25.2. The molecule has 1 rings (SSSR count). The van der Waals surface area contributed by atoms with Crippen molar-refractivity contribution >= 4 is 12.0 Å². The molecule has 1 saturated heterocycles. The zero-order chi connectivity index (χ0) is 16.0. The molecule has 1 unspecified atom stereocenters. The molecule has 0 aromatic carbocycles. The highest BCUT2D eigenvalue weighted by Gasteiger charge is 2.25. The van der Waals surface area contributed by atoms with Crippen LogP contribution in [0, 0.1) is 11.3 Å². The number of nitrogens with one attached hydrogen (secondary N) is 2. The van der Waals surface area contributed by atoms with E-state index in [2.05, 4.69) is 15.6 Å². The van der Waals surface area contributed by atoms with Gasteiger partial charge in [-0.05, 0) is 18.9 Å². The van der Waals surface area contributed by atoms with Gasteiger partial charge in [-0.2, -0.15) is 0 Å². The topological polar surface area (TPSA) is 84.9 Å². The Morgan fingerprint density at radius 3 is 2.24 bits per heavy atom. The van der Waals surface area contributed by atoms with Crippen molar-refractivity contribution in [3.8, 4) is 0 Å². The van der Waals surface area contributed by atoms with E-state index in [1.165, 1.54) is 0 Å². The van der Waals surface area contributed by atoms with Crippen LogP contribution in [-0.4, -0.2) is 66.8 Å². The molecule has 1 aliphatic rings. The van der Waals surface area contributed by atoms with E-state index in [0.717, 1.165) is 26.2 Å². The number of carbonyl (C=O) groups is 2. The Bertz CT molecular complexity index is 360. The Morgan fingerprint density at radius 2 is 1.76 bits per heavy atom. The van der Waals surface area contributed by atoms with Gasteiger partial charge in [0.1, 0.15) is 0 Å². The Morgan fingerprint density at radius 1 is 1.19 bits per heavy atom. The van der Waals surface area contributed by atoms with Crippen molar-refractivity contribution in [3.05, 3.63) is 0 Å². The second-order valence-electron chi connectivity index (χ2n) is 6.91. The van der Waals surface area contributed by atoms with Gasteiger partial charge in [-0.3, -0.25) is 10.2 Å². The number of hydrogen-bond donors (Lipinski definition) is 3. The largest absolute Gasteiger partial charge is 0.481 e. The third-order valence-corrected chi connectivity index (χ3v) is 3.48. The van der Waals surface area contributed by atoms with Gasteiger partial charge in [0.15, 0.2) is 0 Å². The van der Waals surface area contributed by atoms with Crippen LogP contribution in [0.5, 0.6) is 0 Å². The first-order valence-corrected chi connectivity index (χ1v) is 7.38. The lowest BCUT2D eigenvalue weighted by Gasteiger charge is -2.32. The first-order valence-electron chi connectivity index (χ1n) is 7.38. The van der Waals surface area contributed by atoms with Crippen LogP contribution >= 0.6 is 0 Å². The summed E-state index contributed by atoms with van der Waals surface area (Å²) in [6.07, 6.45) is 0.525. The van der Waals surface area contributed by atoms with E-state index in [-0.39, 0.29) is 18.0 Å². The van der Waals surface area contributed by atoms with Crippen LogP contribution < -0.4 is 10.7 Å². The predicted octanol–water partition coefficient (Wildman–Crippen LogP) is 0.585. The maximum absolute atomic E-state index is 11.8. The number of amides is 2. The van der Waals surface area contributed by atoms with Crippen LogP contribution in [-0.2, 0) is 4.79 Å². The SMILES string of the molecule is CN1CCN(NC(=O)NCC(CC(C)(C)C)C(=O)O)CC1. The predicted molar refractivity (Wildman–Crippen MR) is 80.8 cm³/mol. The van der Waals surface area contributed by atoms with Gasteiger partial charge in [0, 0.05) is 32.7 Å². The lowest BCUT2D eigenvalue weighted by Crippen LogP contribution is -2.55. The molecule has 2 amide bonds. The van der Waals surface area contributed by atoms with Crippen LogP contribution in [0.15, 0.2) is 0 Å². The molecule has 1 atom stereocenters. The lowest BCUT2D eigenvalue weighted by molar-refractivity contribution is -0.142. The fourth-order valence-corrected chi connectivity index (χ4v) is 2.30. The number of urea groups is 1. The van der Waals surface area contributed by atoms with Gasteiger partial charge in [-0.25, -0.2) is 9.80 Å². The first kappa shape index (κ1) is 17.7. The molecule has 0 spiro atoms. The third-order valence-electron chi connectivity index (χ3n) is 3.48. The van der Waals surface area contributed by atoms with Gasteiger partial charge in [0.25, 0.3) is 0 Å². The van der Waals surface area contributed by atoms with E-state index in [1.807, 2.05) is 32.8 Å². The minimum Gasteiger partial charge on any atom is -0.481 e. The van der Waals surface area contributed by atoms with Crippen LogP contribution in [0.2, 0.25) is 0 Å². The zero-order valence-corrected chi connectivity index (χ0v) is 13.5. The highest BCUT2D eigenvalue weighted by atomic mass is 16.4. The average Bonchev–Trinajstić information content (AvgIpc) is 2.35. The number of rotatable bonds is 5.